The van der Waals surface area contributed by atoms with Crippen LogP contribution in [-0.2, 0) is 0 Å². The third-order valence-corrected chi connectivity index (χ3v) is 4.03. The number of hydrogen-bond donors (Lipinski definition) is 2. The first kappa shape index (κ1) is 13.8. The highest BCUT2D eigenvalue weighted by Crippen LogP contribution is 2.32. The third-order valence-electron chi connectivity index (χ3n) is 3.80. The molecule has 0 fully saturated rings. The molecule has 2 aromatic heterocycles. The third kappa shape index (κ3) is 2.43. The van der Waals surface area contributed by atoms with Gasteiger partial charge in [0.2, 0.25) is 0 Å². The molecule has 0 radical (unpaired) electrons. The lowest BCUT2D eigenvalue weighted by Gasteiger charge is -2.06. The first-order chi connectivity index (χ1) is 11.2. The predicted octanol–water partition coefficient (Wildman–Crippen LogP) is 4.53. The molecule has 2 aromatic carbocycles. The van der Waals surface area contributed by atoms with Gasteiger partial charge in [0.1, 0.15) is 0 Å². The van der Waals surface area contributed by atoms with Gasteiger partial charge >= 0.3 is 0 Å². The lowest BCUT2D eigenvalue weighted by molar-refractivity contribution is 1.10. The van der Waals surface area contributed by atoms with E-state index in [0.717, 1.165) is 27.8 Å². The van der Waals surface area contributed by atoms with Crippen molar-refractivity contribution < 1.29 is 0 Å². The summed E-state index contributed by atoms with van der Waals surface area (Å²) < 4.78 is 0. The molecule has 0 aliphatic carbocycles. The van der Waals surface area contributed by atoms with E-state index in [0.29, 0.717) is 16.4 Å². The van der Waals surface area contributed by atoms with Crippen LogP contribution in [0.3, 0.4) is 0 Å². The molecule has 0 saturated heterocycles. The average Bonchev–Trinajstić information content (AvgIpc) is 2.99. The Balaban J connectivity index is 1.90. The first-order valence-electron chi connectivity index (χ1n) is 7.17. The number of aromatic nitrogens is 3. The number of anilines is 1. The summed E-state index contributed by atoms with van der Waals surface area (Å²) >= 11 is 5.98. The number of H-pyrrole nitrogens is 1. The fraction of sp³-hybridized carbons (Fsp3) is 0. The second kappa shape index (κ2) is 5.41. The topological polar surface area (TPSA) is 67.6 Å². The molecular formula is C18H13ClN4. The molecule has 0 bridgehead atoms. The van der Waals surface area contributed by atoms with Gasteiger partial charge in [-0.2, -0.15) is 5.10 Å². The van der Waals surface area contributed by atoms with Gasteiger partial charge in [-0.1, -0.05) is 48.0 Å². The zero-order chi connectivity index (χ0) is 15.8. The van der Waals surface area contributed by atoms with Gasteiger partial charge in [-0.3, -0.25) is 5.10 Å². The lowest BCUT2D eigenvalue weighted by atomic mass is 10.0. The number of pyridine rings is 1. The summed E-state index contributed by atoms with van der Waals surface area (Å²) in [7, 11) is 0. The Morgan fingerprint density at radius 2 is 1.78 bits per heavy atom. The van der Waals surface area contributed by atoms with Crippen LogP contribution in [0.5, 0.6) is 0 Å². The number of halogens is 1. The number of rotatable bonds is 2. The van der Waals surface area contributed by atoms with Crippen molar-refractivity contribution in [1.29, 1.82) is 0 Å². The molecule has 5 heteroatoms. The Kier molecular flexibility index (Phi) is 3.24. The molecule has 4 rings (SSSR count). The maximum Gasteiger partial charge on any atom is 0.181 e. The van der Waals surface area contributed by atoms with Crippen LogP contribution in [0.25, 0.3) is 33.4 Å². The number of nitrogens with two attached hydrogens (primary N) is 1. The first-order valence-corrected chi connectivity index (χ1v) is 7.55. The van der Waals surface area contributed by atoms with Crippen LogP contribution in [0.2, 0.25) is 5.02 Å². The Hall–Kier alpha value is -2.85. The van der Waals surface area contributed by atoms with Crippen LogP contribution in [-0.4, -0.2) is 15.2 Å². The highest BCUT2D eigenvalue weighted by Gasteiger charge is 2.11. The summed E-state index contributed by atoms with van der Waals surface area (Å²) in [6.45, 7) is 0. The number of aromatic amines is 1. The Labute approximate surface area is 137 Å². The van der Waals surface area contributed by atoms with Crippen molar-refractivity contribution in [1.82, 2.24) is 15.2 Å². The van der Waals surface area contributed by atoms with Crippen molar-refractivity contribution in [3.63, 3.8) is 0 Å². The minimum Gasteiger partial charge on any atom is -0.398 e. The van der Waals surface area contributed by atoms with Crippen LogP contribution in [0.15, 0.2) is 60.8 Å². The molecule has 0 aliphatic heterocycles. The maximum absolute atomic E-state index is 6.09. The molecule has 112 valence electrons. The average molecular weight is 321 g/mol. The van der Waals surface area contributed by atoms with Crippen LogP contribution in [0.4, 0.5) is 5.69 Å². The Bertz CT molecular complexity index is 993. The summed E-state index contributed by atoms with van der Waals surface area (Å²) in [5.41, 5.74) is 11.3. The predicted molar refractivity (Wildman–Crippen MR) is 94.2 cm³/mol. The number of benzene rings is 2. The van der Waals surface area contributed by atoms with Gasteiger partial charge in [-0.15, -0.1) is 0 Å². The molecule has 4 nitrogen and oxygen atoms in total. The number of nitrogen functional groups attached to an aromatic ring is 1. The second-order valence-electron chi connectivity index (χ2n) is 5.29. The van der Waals surface area contributed by atoms with E-state index in [-0.39, 0.29) is 0 Å². The lowest BCUT2D eigenvalue weighted by Crippen LogP contribution is -1.90. The van der Waals surface area contributed by atoms with E-state index < -0.39 is 0 Å². The fourth-order valence-corrected chi connectivity index (χ4v) is 2.85. The quantitative estimate of drug-likeness (QED) is 0.533. The highest BCUT2D eigenvalue weighted by atomic mass is 35.5. The zero-order valence-electron chi connectivity index (χ0n) is 12.1. The normalized spacial score (nSPS) is 11.0. The van der Waals surface area contributed by atoms with Crippen LogP contribution in [0, 0.1) is 0 Å². The number of nitrogens with zero attached hydrogens (tertiary/aromatic N) is 2. The van der Waals surface area contributed by atoms with Crippen LogP contribution < -0.4 is 5.73 Å². The molecule has 3 N–H and O–H groups in total. The van der Waals surface area contributed by atoms with E-state index in [1.165, 1.54) is 0 Å². The number of nitrogens with one attached hydrogen (secondary N) is 1. The van der Waals surface area contributed by atoms with Gasteiger partial charge in [0.25, 0.3) is 0 Å². The molecule has 0 amide bonds. The molecular weight excluding hydrogens is 308 g/mol. The van der Waals surface area contributed by atoms with Gasteiger partial charge in [0, 0.05) is 39.0 Å². The van der Waals surface area contributed by atoms with Crippen molar-refractivity contribution >= 4 is 28.3 Å². The standard InChI is InChI=1S/C18H13ClN4/c19-13-6-7-14(16(20)9-13)12-8-15-17(11-4-2-1-3-5-11)22-23-18(15)21-10-12/h1-10H,20H2,(H,21,22,23). The summed E-state index contributed by atoms with van der Waals surface area (Å²) in [6, 6.07) is 17.6. The van der Waals surface area contributed by atoms with Crippen molar-refractivity contribution in [2.24, 2.45) is 0 Å². The minimum absolute atomic E-state index is 0.619. The largest absolute Gasteiger partial charge is 0.398 e. The van der Waals surface area contributed by atoms with Crippen molar-refractivity contribution in [3.05, 3.63) is 65.8 Å². The van der Waals surface area contributed by atoms with Gasteiger partial charge in [0.05, 0.1) is 5.69 Å². The van der Waals surface area contributed by atoms with E-state index in [1.54, 1.807) is 12.3 Å². The maximum atomic E-state index is 6.09. The highest BCUT2D eigenvalue weighted by molar-refractivity contribution is 6.31. The molecule has 2 heterocycles. The summed E-state index contributed by atoms with van der Waals surface area (Å²) in [5, 5.41) is 8.93. The minimum atomic E-state index is 0.619. The van der Waals surface area contributed by atoms with Gasteiger partial charge < -0.3 is 5.73 Å². The van der Waals surface area contributed by atoms with Crippen LogP contribution in [0.1, 0.15) is 0 Å². The number of hydrogen-bond acceptors (Lipinski definition) is 3. The number of fused-ring (bicyclic) bond motifs is 1. The van der Waals surface area contributed by atoms with Crippen molar-refractivity contribution in [3.8, 4) is 22.4 Å². The SMILES string of the molecule is Nc1cc(Cl)ccc1-c1cnc2n[nH]c(-c3ccccc3)c2c1. The summed E-state index contributed by atoms with van der Waals surface area (Å²) in [5.74, 6) is 0. The van der Waals surface area contributed by atoms with Gasteiger partial charge in [-0.25, -0.2) is 4.98 Å². The molecule has 4 aromatic rings. The molecule has 0 saturated carbocycles. The van der Waals surface area contributed by atoms with E-state index in [1.807, 2.05) is 48.5 Å². The second-order valence-corrected chi connectivity index (χ2v) is 5.73. The molecule has 0 aliphatic rings. The molecule has 23 heavy (non-hydrogen) atoms. The van der Waals surface area contributed by atoms with E-state index in [9.17, 15) is 0 Å². The van der Waals surface area contributed by atoms with E-state index >= 15 is 0 Å². The van der Waals surface area contributed by atoms with Gasteiger partial charge in [-0.05, 0) is 18.2 Å². The zero-order valence-corrected chi connectivity index (χ0v) is 12.9. The summed E-state index contributed by atoms with van der Waals surface area (Å²) in [4.78, 5) is 4.44. The van der Waals surface area contributed by atoms with E-state index in [4.69, 9.17) is 17.3 Å². The fourth-order valence-electron chi connectivity index (χ4n) is 2.67. The Morgan fingerprint density at radius 3 is 2.57 bits per heavy atom. The molecule has 0 spiro atoms. The smallest absolute Gasteiger partial charge is 0.181 e. The van der Waals surface area contributed by atoms with Gasteiger partial charge in [0.15, 0.2) is 5.65 Å². The van der Waals surface area contributed by atoms with Crippen LogP contribution >= 0.6 is 11.6 Å². The Morgan fingerprint density at radius 1 is 0.957 bits per heavy atom. The van der Waals surface area contributed by atoms with E-state index in [2.05, 4.69) is 15.2 Å². The summed E-state index contributed by atoms with van der Waals surface area (Å²) in [6.07, 6.45) is 1.78. The van der Waals surface area contributed by atoms with Crippen molar-refractivity contribution in [2.45, 2.75) is 0 Å². The molecule has 0 unspecified atom stereocenters. The molecule has 0 atom stereocenters. The monoisotopic (exact) mass is 320 g/mol. The van der Waals surface area contributed by atoms with Crippen molar-refractivity contribution in [2.75, 3.05) is 5.73 Å².